The molecule has 1 N–H and O–H groups in total. The summed E-state index contributed by atoms with van der Waals surface area (Å²) in [6.45, 7) is 13.2. The highest BCUT2D eigenvalue weighted by molar-refractivity contribution is 9.10. The van der Waals surface area contributed by atoms with Gasteiger partial charge >= 0.3 is 0 Å². The minimum Gasteiger partial charge on any atom is -0.380 e. The fourth-order valence-electron chi connectivity index (χ4n) is 1.89. The zero-order valence-corrected chi connectivity index (χ0v) is 14.4. The van der Waals surface area contributed by atoms with Crippen LogP contribution < -0.4 is 5.32 Å². The summed E-state index contributed by atoms with van der Waals surface area (Å²) in [4.78, 5) is 0. The van der Waals surface area contributed by atoms with Crippen LogP contribution in [0.4, 0.5) is 0 Å². The number of ether oxygens (including phenoxy) is 1. The van der Waals surface area contributed by atoms with Crippen molar-refractivity contribution in [2.75, 3.05) is 19.8 Å². The van der Waals surface area contributed by atoms with E-state index in [1.807, 2.05) is 0 Å². The van der Waals surface area contributed by atoms with Crippen LogP contribution in [-0.4, -0.2) is 25.3 Å². The first-order valence-corrected chi connectivity index (χ1v) is 7.67. The van der Waals surface area contributed by atoms with Gasteiger partial charge in [0.25, 0.3) is 0 Å². The summed E-state index contributed by atoms with van der Waals surface area (Å²) in [7, 11) is 0. The van der Waals surface area contributed by atoms with Gasteiger partial charge in [-0.25, -0.2) is 0 Å². The molecule has 0 fully saturated rings. The summed E-state index contributed by atoms with van der Waals surface area (Å²) < 4.78 is 6.87. The van der Waals surface area contributed by atoms with E-state index in [0.717, 1.165) is 26.2 Å². The number of benzene rings is 1. The van der Waals surface area contributed by atoms with Gasteiger partial charge in [-0.3, -0.25) is 0 Å². The summed E-state index contributed by atoms with van der Waals surface area (Å²) in [5.74, 6) is 0. The van der Waals surface area contributed by atoms with Crippen molar-refractivity contribution in [3.63, 3.8) is 0 Å². The van der Waals surface area contributed by atoms with E-state index in [-0.39, 0.29) is 5.54 Å². The molecular formula is C16H26BrNO. The van der Waals surface area contributed by atoms with E-state index in [4.69, 9.17) is 4.74 Å². The van der Waals surface area contributed by atoms with Crippen molar-refractivity contribution in [3.8, 4) is 0 Å². The van der Waals surface area contributed by atoms with Crippen molar-refractivity contribution in [2.24, 2.45) is 0 Å². The summed E-state index contributed by atoms with van der Waals surface area (Å²) in [5, 5.41) is 3.42. The minimum absolute atomic E-state index is 0.169. The topological polar surface area (TPSA) is 21.3 Å². The second-order valence-corrected chi connectivity index (χ2v) is 6.92. The lowest BCUT2D eigenvalue weighted by atomic mass is 10.0. The Kier molecular flexibility index (Phi) is 6.51. The van der Waals surface area contributed by atoms with Crippen LogP contribution in [0.1, 0.15) is 37.5 Å². The fraction of sp³-hybridized carbons (Fsp3) is 0.625. The van der Waals surface area contributed by atoms with Crippen LogP contribution in [0.25, 0.3) is 0 Å². The smallest absolute Gasteiger partial charge is 0.0591 e. The van der Waals surface area contributed by atoms with Gasteiger partial charge in [0.05, 0.1) is 13.2 Å². The van der Waals surface area contributed by atoms with Crippen LogP contribution in [0.2, 0.25) is 0 Å². The van der Waals surface area contributed by atoms with Gasteiger partial charge in [-0.1, -0.05) is 22.0 Å². The Balaban J connectivity index is 2.28. The minimum atomic E-state index is 0.169. The highest BCUT2D eigenvalue weighted by Gasteiger charge is 2.07. The third-order valence-electron chi connectivity index (χ3n) is 3.03. The Labute approximate surface area is 126 Å². The number of rotatable bonds is 6. The molecule has 0 atom stereocenters. The molecule has 0 heterocycles. The summed E-state index contributed by atoms with van der Waals surface area (Å²) in [6.07, 6.45) is 0.982. The van der Waals surface area contributed by atoms with Gasteiger partial charge in [-0.2, -0.15) is 0 Å². The molecule has 0 aliphatic carbocycles. The normalized spacial score (nSPS) is 11.9. The highest BCUT2D eigenvalue weighted by atomic mass is 79.9. The van der Waals surface area contributed by atoms with E-state index in [9.17, 15) is 0 Å². The van der Waals surface area contributed by atoms with Gasteiger partial charge in [-0.15, -0.1) is 0 Å². The van der Waals surface area contributed by atoms with Crippen molar-refractivity contribution in [2.45, 2.75) is 46.6 Å². The summed E-state index contributed by atoms with van der Waals surface area (Å²) in [5.41, 5.74) is 4.16. The SMILES string of the molecule is Cc1cc(CCOCCNC(C)(C)C)c(C)cc1Br. The Hall–Kier alpha value is -0.380. The van der Waals surface area contributed by atoms with Crippen LogP contribution in [-0.2, 0) is 11.2 Å². The lowest BCUT2D eigenvalue weighted by Gasteiger charge is -2.20. The quantitative estimate of drug-likeness (QED) is 0.797. The lowest BCUT2D eigenvalue weighted by Crippen LogP contribution is -2.38. The standard InChI is InChI=1S/C16H26BrNO/c1-12-11-15(17)13(2)10-14(12)6-8-19-9-7-18-16(3,4)5/h10-11,18H,6-9H2,1-5H3. The third-order valence-corrected chi connectivity index (χ3v) is 3.89. The van der Waals surface area contributed by atoms with Gasteiger partial charge < -0.3 is 10.1 Å². The molecule has 0 aromatic heterocycles. The maximum Gasteiger partial charge on any atom is 0.0591 e. The van der Waals surface area contributed by atoms with E-state index >= 15 is 0 Å². The molecule has 3 heteroatoms. The van der Waals surface area contributed by atoms with E-state index in [1.165, 1.54) is 21.2 Å². The van der Waals surface area contributed by atoms with Crippen LogP contribution in [0.3, 0.4) is 0 Å². The van der Waals surface area contributed by atoms with E-state index < -0.39 is 0 Å². The molecular weight excluding hydrogens is 302 g/mol. The lowest BCUT2D eigenvalue weighted by molar-refractivity contribution is 0.133. The monoisotopic (exact) mass is 327 g/mol. The van der Waals surface area contributed by atoms with Gasteiger partial charge in [-0.05, 0) is 63.8 Å². The molecule has 19 heavy (non-hydrogen) atoms. The fourth-order valence-corrected chi connectivity index (χ4v) is 2.35. The predicted octanol–water partition coefficient (Wildman–Crippen LogP) is 4.01. The number of nitrogens with one attached hydrogen (secondary N) is 1. The van der Waals surface area contributed by atoms with Gasteiger partial charge in [0.2, 0.25) is 0 Å². The first kappa shape index (κ1) is 16.7. The second-order valence-electron chi connectivity index (χ2n) is 6.07. The van der Waals surface area contributed by atoms with E-state index in [0.29, 0.717) is 0 Å². The first-order chi connectivity index (χ1) is 8.79. The molecule has 0 aliphatic heterocycles. The molecule has 2 nitrogen and oxygen atoms in total. The molecule has 1 aromatic carbocycles. The van der Waals surface area contributed by atoms with Gasteiger partial charge in [0.15, 0.2) is 0 Å². The van der Waals surface area contributed by atoms with Crippen molar-refractivity contribution in [1.29, 1.82) is 0 Å². The Morgan fingerprint density at radius 3 is 2.42 bits per heavy atom. The molecule has 0 saturated carbocycles. The third kappa shape index (κ3) is 6.55. The largest absolute Gasteiger partial charge is 0.380 e. The molecule has 0 saturated heterocycles. The zero-order valence-electron chi connectivity index (χ0n) is 12.8. The van der Waals surface area contributed by atoms with Crippen LogP contribution in [0, 0.1) is 13.8 Å². The number of aryl methyl sites for hydroxylation is 2. The van der Waals surface area contributed by atoms with E-state index in [2.05, 4.69) is 68.0 Å². The van der Waals surface area contributed by atoms with Crippen molar-refractivity contribution >= 4 is 15.9 Å². The van der Waals surface area contributed by atoms with Gasteiger partial charge in [0.1, 0.15) is 0 Å². The Morgan fingerprint density at radius 2 is 1.79 bits per heavy atom. The summed E-state index contributed by atoms with van der Waals surface area (Å²) >= 11 is 3.56. The average Bonchev–Trinajstić information content (AvgIpc) is 2.28. The Bertz CT molecular complexity index is 410. The van der Waals surface area contributed by atoms with Crippen molar-refractivity contribution in [1.82, 2.24) is 5.32 Å². The predicted molar refractivity (Wildman–Crippen MR) is 85.9 cm³/mol. The van der Waals surface area contributed by atoms with Crippen LogP contribution in [0.5, 0.6) is 0 Å². The van der Waals surface area contributed by atoms with E-state index in [1.54, 1.807) is 0 Å². The number of halogens is 1. The second kappa shape index (κ2) is 7.41. The number of hydrogen-bond acceptors (Lipinski definition) is 2. The van der Waals surface area contributed by atoms with Crippen molar-refractivity contribution in [3.05, 3.63) is 33.3 Å². The maximum absolute atomic E-state index is 5.68. The molecule has 0 bridgehead atoms. The Morgan fingerprint density at radius 1 is 1.11 bits per heavy atom. The molecule has 0 radical (unpaired) electrons. The number of hydrogen-bond donors (Lipinski definition) is 1. The first-order valence-electron chi connectivity index (χ1n) is 6.88. The highest BCUT2D eigenvalue weighted by Crippen LogP contribution is 2.21. The van der Waals surface area contributed by atoms with Gasteiger partial charge in [0, 0.05) is 16.6 Å². The molecule has 0 unspecified atom stereocenters. The molecule has 1 aromatic rings. The van der Waals surface area contributed by atoms with Crippen LogP contribution >= 0.6 is 15.9 Å². The molecule has 0 aliphatic rings. The molecule has 0 amide bonds. The molecule has 1 rings (SSSR count). The van der Waals surface area contributed by atoms with Crippen LogP contribution in [0.15, 0.2) is 16.6 Å². The molecule has 0 spiro atoms. The zero-order chi connectivity index (χ0) is 14.5. The average molecular weight is 328 g/mol. The molecule has 108 valence electrons. The maximum atomic E-state index is 5.68. The summed E-state index contributed by atoms with van der Waals surface area (Å²) in [6, 6.07) is 4.43. The van der Waals surface area contributed by atoms with Crippen molar-refractivity contribution < 1.29 is 4.74 Å².